The Bertz CT molecular complexity index is 735. The van der Waals surface area contributed by atoms with E-state index in [9.17, 15) is 14.0 Å². The summed E-state index contributed by atoms with van der Waals surface area (Å²) in [5, 5.41) is 5.72. The first-order chi connectivity index (χ1) is 13.0. The van der Waals surface area contributed by atoms with Crippen LogP contribution in [0.5, 0.6) is 0 Å². The van der Waals surface area contributed by atoms with Crippen LogP contribution >= 0.6 is 0 Å². The monoisotopic (exact) mass is 371 g/mol. The second kappa shape index (κ2) is 10.4. The summed E-state index contributed by atoms with van der Waals surface area (Å²) >= 11 is 0. The zero-order valence-electron chi connectivity index (χ0n) is 15.7. The number of carbonyl (C=O) groups is 2. The van der Waals surface area contributed by atoms with E-state index in [0.29, 0.717) is 5.69 Å². The topological polar surface area (TPSA) is 61.4 Å². The summed E-state index contributed by atoms with van der Waals surface area (Å²) in [7, 11) is 1.71. The van der Waals surface area contributed by atoms with Gasteiger partial charge in [-0.2, -0.15) is 0 Å². The van der Waals surface area contributed by atoms with E-state index in [2.05, 4.69) is 17.6 Å². The normalized spacial score (nSPS) is 11.9. The third kappa shape index (κ3) is 7.19. The van der Waals surface area contributed by atoms with Crippen LogP contribution in [-0.4, -0.2) is 36.9 Å². The van der Waals surface area contributed by atoms with E-state index >= 15 is 0 Å². The summed E-state index contributed by atoms with van der Waals surface area (Å²) in [5.41, 5.74) is 1.59. The highest BCUT2D eigenvalue weighted by Gasteiger charge is 2.16. The van der Waals surface area contributed by atoms with E-state index < -0.39 is 0 Å². The molecular weight excluding hydrogens is 345 g/mol. The second-order valence-corrected chi connectivity index (χ2v) is 6.55. The lowest BCUT2D eigenvalue weighted by Crippen LogP contribution is -2.40. The summed E-state index contributed by atoms with van der Waals surface area (Å²) < 4.78 is 12.9. The molecule has 0 unspecified atom stereocenters. The van der Waals surface area contributed by atoms with Gasteiger partial charge in [0.1, 0.15) is 5.82 Å². The summed E-state index contributed by atoms with van der Waals surface area (Å²) in [4.78, 5) is 26.1. The molecule has 27 heavy (non-hydrogen) atoms. The van der Waals surface area contributed by atoms with Crippen molar-refractivity contribution in [3.05, 3.63) is 66.0 Å². The second-order valence-electron chi connectivity index (χ2n) is 6.55. The molecule has 0 aliphatic carbocycles. The number of carbonyl (C=O) groups excluding carboxylic acids is 2. The average Bonchev–Trinajstić information content (AvgIpc) is 2.63. The molecule has 5 nitrogen and oxygen atoms in total. The van der Waals surface area contributed by atoms with E-state index in [1.165, 1.54) is 24.3 Å². The Morgan fingerprint density at radius 3 is 2.26 bits per heavy atom. The van der Waals surface area contributed by atoms with Crippen molar-refractivity contribution in [1.82, 2.24) is 10.2 Å². The van der Waals surface area contributed by atoms with Gasteiger partial charge < -0.3 is 10.6 Å². The van der Waals surface area contributed by atoms with Crippen molar-refractivity contribution in [3.63, 3.8) is 0 Å². The highest BCUT2D eigenvalue weighted by molar-refractivity contribution is 5.92. The number of amides is 2. The maximum atomic E-state index is 12.9. The van der Waals surface area contributed by atoms with Gasteiger partial charge in [0.05, 0.1) is 19.1 Å². The molecule has 2 amide bonds. The lowest BCUT2D eigenvalue weighted by atomic mass is 10.0. The van der Waals surface area contributed by atoms with Crippen LogP contribution in [0.1, 0.15) is 31.4 Å². The molecule has 0 aliphatic rings. The number of hydrogen-bond donors (Lipinski definition) is 2. The van der Waals surface area contributed by atoms with E-state index in [4.69, 9.17) is 0 Å². The molecule has 0 saturated carbocycles. The maximum Gasteiger partial charge on any atom is 0.238 e. The van der Waals surface area contributed by atoms with Gasteiger partial charge in [0, 0.05) is 5.69 Å². The van der Waals surface area contributed by atoms with Gasteiger partial charge in [-0.05, 0) is 43.3 Å². The van der Waals surface area contributed by atoms with Crippen LogP contribution in [0.4, 0.5) is 10.1 Å². The van der Waals surface area contributed by atoms with Gasteiger partial charge >= 0.3 is 0 Å². The van der Waals surface area contributed by atoms with Gasteiger partial charge in [-0.25, -0.2) is 4.39 Å². The molecule has 0 aliphatic heterocycles. The van der Waals surface area contributed by atoms with E-state index in [0.717, 1.165) is 18.4 Å². The number of hydrogen-bond acceptors (Lipinski definition) is 3. The lowest BCUT2D eigenvalue weighted by molar-refractivity contribution is -0.123. The number of anilines is 1. The Morgan fingerprint density at radius 1 is 1.00 bits per heavy atom. The van der Waals surface area contributed by atoms with Crippen LogP contribution in [0, 0.1) is 5.82 Å². The fourth-order valence-corrected chi connectivity index (χ4v) is 2.82. The molecular formula is C21H26FN3O2. The summed E-state index contributed by atoms with van der Waals surface area (Å²) in [6, 6.07) is 15.4. The van der Waals surface area contributed by atoms with Crippen LogP contribution in [0.25, 0.3) is 0 Å². The predicted molar refractivity (Wildman–Crippen MR) is 105 cm³/mol. The first-order valence-corrected chi connectivity index (χ1v) is 9.06. The summed E-state index contributed by atoms with van der Waals surface area (Å²) in [5.74, 6) is -0.749. The molecule has 0 saturated heterocycles. The zero-order valence-corrected chi connectivity index (χ0v) is 15.7. The van der Waals surface area contributed by atoms with Crippen molar-refractivity contribution >= 4 is 17.5 Å². The Hall–Kier alpha value is -2.73. The molecule has 2 rings (SSSR count). The number of halogens is 1. The molecule has 0 spiro atoms. The van der Waals surface area contributed by atoms with Gasteiger partial charge in [0.15, 0.2) is 0 Å². The molecule has 2 N–H and O–H groups in total. The summed E-state index contributed by atoms with van der Waals surface area (Å²) in [6.07, 6.45) is 1.81. The largest absolute Gasteiger partial charge is 0.348 e. The number of nitrogens with zero attached hydrogens (tertiary/aromatic N) is 1. The number of benzene rings is 2. The van der Waals surface area contributed by atoms with Crippen molar-refractivity contribution in [1.29, 1.82) is 0 Å². The minimum absolute atomic E-state index is 0.0369. The Labute approximate surface area is 159 Å². The minimum Gasteiger partial charge on any atom is -0.348 e. The molecule has 0 bridgehead atoms. The Morgan fingerprint density at radius 2 is 1.63 bits per heavy atom. The first-order valence-electron chi connectivity index (χ1n) is 9.06. The quantitative estimate of drug-likeness (QED) is 0.711. The molecule has 1 atom stereocenters. The third-order valence-corrected chi connectivity index (χ3v) is 4.07. The van der Waals surface area contributed by atoms with Crippen LogP contribution in [0.2, 0.25) is 0 Å². The highest BCUT2D eigenvalue weighted by atomic mass is 19.1. The molecule has 0 radical (unpaired) electrons. The molecule has 2 aromatic carbocycles. The molecule has 0 aromatic heterocycles. The van der Waals surface area contributed by atoms with Gasteiger partial charge in [-0.1, -0.05) is 43.7 Å². The summed E-state index contributed by atoms with van der Waals surface area (Å²) in [6.45, 7) is 2.26. The van der Waals surface area contributed by atoms with Crippen LogP contribution in [0.3, 0.4) is 0 Å². The van der Waals surface area contributed by atoms with Gasteiger partial charge in [-0.15, -0.1) is 0 Å². The minimum atomic E-state index is -0.359. The van der Waals surface area contributed by atoms with E-state index in [1.807, 2.05) is 30.3 Å². The average molecular weight is 371 g/mol. The Kier molecular flexibility index (Phi) is 7.95. The fourth-order valence-electron chi connectivity index (χ4n) is 2.82. The van der Waals surface area contributed by atoms with E-state index in [1.54, 1.807) is 11.9 Å². The van der Waals surface area contributed by atoms with Gasteiger partial charge in [-0.3, -0.25) is 14.5 Å². The number of nitrogens with one attached hydrogen (secondary N) is 2. The van der Waals surface area contributed by atoms with Crippen molar-refractivity contribution in [2.75, 3.05) is 25.5 Å². The maximum absolute atomic E-state index is 12.9. The van der Waals surface area contributed by atoms with Crippen LogP contribution in [-0.2, 0) is 9.59 Å². The highest BCUT2D eigenvalue weighted by Crippen LogP contribution is 2.17. The van der Waals surface area contributed by atoms with Crippen molar-refractivity contribution in [2.24, 2.45) is 0 Å². The van der Waals surface area contributed by atoms with Gasteiger partial charge in [0.2, 0.25) is 11.8 Å². The standard InChI is InChI=1S/C21H26FN3O2/c1-3-7-19(16-8-5-4-6-9-16)24-21(27)15-25(2)14-20(26)23-18-12-10-17(22)11-13-18/h4-6,8-13,19H,3,7,14-15H2,1-2H3,(H,23,26)(H,24,27)/t19-/m0/s1. The van der Waals surface area contributed by atoms with Crippen molar-refractivity contribution in [3.8, 4) is 0 Å². The molecule has 0 heterocycles. The van der Waals surface area contributed by atoms with Crippen molar-refractivity contribution < 1.29 is 14.0 Å². The van der Waals surface area contributed by atoms with Crippen LogP contribution < -0.4 is 10.6 Å². The molecule has 0 fully saturated rings. The zero-order chi connectivity index (χ0) is 19.6. The van der Waals surface area contributed by atoms with E-state index in [-0.39, 0.29) is 36.8 Å². The lowest BCUT2D eigenvalue weighted by Gasteiger charge is -2.21. The SMILES string of the molecule is CCC[C@H](NC(=O)CN(C)CC(=O)Nc1ccc(F)cc1)c1ccccc1. The number of rotatable bonds is 9. The predicted octanol–water partition coefficient (Wildman–Crippen LogP) is 3.35. The number of likely N-dealkylation sites (N-methyl/N-ethyl adjacent to an activating group) is 1. The molecule has 6 heteroatoms. The third-order valence-electron chi connectivity index (χ3n) is 4.07. The smallest absolute Gasteiger partial charge is 0.238 e. The van der Waals surface area contributed by atoms with Gasteiger partial charge in [0.25, 0.3) is 0 Å². The molecule has 144 valence electrons. The Balaban J connectivity index is 1.82. The fraction of sp³-hybridized carbons (Fsp3) is 0.333. The van der Waals surface area contributed by atoms with Crippen LogP contribution in [0.15, 0.2) is 54.6 Å². The first kappa shape index (κ1) is 20.6. The molecule has 2 aromatic rings. The van der Waals surface area contributed by atoms with Crippen molar-refractivity contribution in [2.45, 2.75) is 25.8 Å².